The predicted octanol–water partition coefficient (Wildman–Crippen LogP) is 4.04. The second kappa shape index (κ2) is 15.2. The van der Waals surface area contributed by atoms with Gasteiger partial charge in [0, 0.05) is 65.5 Å². The van der Waals surface area contributed by atoms with Crippen LogP contribution in [-0.2, 0) is 11.8 Å². The Balaban J connectivity index is 1.10. The minimum Gasteiger partial charge on any atom is -0.494 e. The van der Waals surface area contributed by atoms with Gasteiger partial charge in [0.15, 0.2) is 23.1 Å². The van der Waals surface area contributed by atoms with Gasteiger partial charge in [-0.1, -0.05) is 6.07 Å². The zero-order valence-electron chi connectivity index (χ0n) is 30.0. The van der Waals surface area contributed by atoms with Crippen LogP contribution in [0, 0.1) is 0 Å². The number of aromatic nitrogens is 6. The molecule has 3 N–H and O–H groups in total. The minimum atomic E-state index is -0.499. The molecule has 2 saturated heterocycles. The first kappa shape index (κ1) is 35.3. The highest BCUT2D eigenvalue weighted by Gasteiger charge is 2.32. The topological polar surface area (TPSA) is 168 Å². The Morgan fingerprint density at radius 2 is 1.75 bits per heavy atom. The van der Waals surface area contributed by atoms with Gasteiger partial charge in [0.05, 0.1) is 35.9 Å². The number of nitrogens with one attached hydrogen (secondary N) is 3. The second-order valence-corrected chi connectivity index (χ2v) is 13.6. The third-order valence-electron chi connectivity index (χ3n) is 8.81. The third-order valence-corrected chi connectivity index (χ3v) is 8.81. The van der Waals surface area contributed by atoms with Crippen molar-refractivity contribution < 1.29 is 19.1 Å². The number of hydrogen-bond donors (Lipinski definition) is 3. The number of hydrogen-bond acceptors (Lipinski definition) is 13. The van der Waals surface area contributed by atoms with Crippen LogP contribution in [0.2, 0.25) is 0 Å². The van der Waals surface area contributed by atoms with Crippen molar-refractivity contribution in [3.05, 3.63) is 54.6 Å². The summed E-state index contributed by atoms with van der Waals surface area (Å²) in [5.74, 6) is 1.60. The molecule has 2 aliphatic heterocycles. The maximum absolute atomic E-state index is 12.8. The van der Waals surface area contributed by atoms with Gasteiger partial charge in [-0.15, -0.1) is 10.2 Å². The Bertz CT molecular complexity index is 1830. The van der Waals surface area contributed by atoms with E-state index in [4.69, 9.17) is 9.47 Å². The van der Waals surface area contributed by atoms with Gasteiger partial charge in [0.2, 0.25) is 0 Å². The Kier molecular flexibility index (Phi) is 10.5. The molecule has 0 spiro atoms. The van der Waals surface area contributed by atoms with Crippen LogP contribution < -0.4 is 25.6 Å². The van der Waals surface area contributed by atoms with Gasteiger partial charge < -0.3 is 35.2 Å². The molecule has 2 aliphatic rings. The lowest BCUT2D eigenvalue weighted by atomic mass is 10.0. The number of para-hydroxylation sites is 1. The fourth-order valence-electron chi connectivity index (χ4n) is 6.34. The molecule has 4 aromatic rings. The van der Waals surface area contributed by atoms with Gasteiger partial charge in [-0.3, -0.25) is 14.4 Å². The predicted molar refractivity (Wildman–Crippen MR) is 194 cm³/mol. The Morgan fingerprint density at radius 3 is 2.41 bits per heavy atom. The molecular formula is C35H46N12O4. The van der Waals surface area contributed by atoms with E-state index in [0.29, 0.717) is 52.7 Å². The molecule has 0 aliphatic carbocycles. The number of piperazine rings is 1. The lowest BCUT2D eigenvalue weighted by molar-refractivity contribution is 0.0101. The van der Waals surface area contributed by atoms with E-state index in [1.165, 1.54) is 7.05 Å². The molecule has 2 fully saturated rings. The molecule has 0 saturated carbocycles. The highest BCUT2D eigenvalue weighted by molar-refractivity contribution is 5.99. The van der Waals surface area contributed by atoms with E-state index < -0.39 is 11.5 Å². The molecular weight excluding hydrogens is 652 g/mol. The largest absolute Gasteiger partial charge is 0.494 e. The molecule has 2 amide bonds. The minimum absolute atomic E-state index is 0.111. The lowest BCUT2D eigenvalue weighted by Crippen LogP contribution is -2.56. The maximum Gasteiger partial charge on any atom is 0.410 e. The highest BCUT2D eigenvalue weighted by Crippen LogP contribution is 2.37. The number of piperidine rings is 1. The van der Waals surface area contributed by atoms with E-state index in [-0.39, 0.29) is 11.8 Å². The van der Waals surface area contributed by atoms with E-state index in [0.717, 1.165) is 51.3 Å². The first-order valence-electron chi connectivity index (χ1n) is 17.1. The zero-order chi connectivity index (χ0) is 36.1. The Labute approximate surface area is 297 Å². The number of methoxy groups -OCH3 is 1. The van der Waals surface area contributed by atoms with Crippen molar-refractivity contribution in [1.82, 2.24) is 45.1 Å². The van der Waals surface area contributed by atoms with Crippen molar-refractivity contribution in [2.24, 2.45) is 7.05 Å². The molecule has 0 bridgehead atoms. The fourth-order valence-corrected chi connectivity index (χ4v) is 6.34. The van der Waals surface area contributed by atoms with Crippen LogP contribution in [0.5, 0.6) is 5.75 Å². The number of likely N-dealkylation sites (tertiary alicyclic amines) is 1. The molecule has 5 heterocycles. The quantitative estimate of drug-likeness (QED) is 0.229. The summed E-state index contributed by atoms with van der Waals surface area (Å²) in [6, 6.07) is 11.5. The summed E-state index contributed by atoms with van der Waals surface area (Å²) < 4.78 is 13.0. The van der Waals surface area contributed by atoms with Crippen LogP contribution in [-0.4, -0.2) is 117 Å². The maximum atomic E-state index is 12.8. The van der Waals surface area contributed by atoms with E-state index >= 15 is 0 Å². The smallest absolute Gasteiger partial charge is 0.410 e. The molecule has 16 nitrogen and oxygen atoms in total. The summed E-state index contributed by atoms with van der Waals surface area (Å²) in [6.45, 7) is 10.7. The van der Waals surface area contributed by atoms with Crippen molar-refractivity contribution in [1.29, 1.82) is 0 Å². The standard InChI is InChI=1S/C35H46N12O4/c1-35(2,3)51-34(49)47-14-8-9-24(21-47)46-17-15-45(16-18-46)23-12-13-28(37-20-23)40-29-19-27(30(42-41-29)33(48)36-4)39-26-11-7-10-25(31(26)50-6)32-38-22-44(5)43-32/h7,10-13,19-20,22,24H,8-9,14-18,21H2,1-6H3,(H,36,48)(H2,37,39,40,41). The van der Waals surface area contributed by atoms with Crippen molar-refractivity contribution in [2.45, 2.75) is 45.3 Å². The van der Waals surface area contributed by atoms with Crippen LogP contribution in [0.15, 0.2) is 48.9 Å². The first-order valence-corrected chi connectivity index (χ1v) is 17.1. The van der Waals surface area contributed by atoms with Gasteiger partial charge in [-0.2, -0.15) is 5.10 Å². The summed E-state index contributed by atoms with van der Waals surface area (Å²) in [4.78, 5) is 41.1. The number of carbonyl (C=O) groups is 2. The Hall–Kier alpha value is -5.51. The molecule has 270 valence electrons. The van der Waals surface area contributed by atoms with Crippen molar-refractivity contribution >= 4 is 40.7 Å². The number of anilines is 5. The summed E-state index contributed by atoms with van der Waals surface area (Å²) in [6.07, 6.45) is 5.29. The summed E-state index contributed by atoms with van der Waals surface area (Å²) >= 11 is 0. The number of carbonyl (C=O) groups excluding carboxylic acids is 2. The lowest BCUT2D eigenvalue weighted by Gasteiger charge is -2.43. The van der Waals surface area contributed by atoms with Crippen LogP contribution in [0.3, 0.4) is 0 Å². The molecule has 1 aromatic carbocycles. The molecule has 51 heavy (non-hydrogen) atoms. The summed E-state index contributed by atoms with van der Waals surface area (Å²) in [7, 11) is 4.90. The average Bonchev–Trinajstić information content (AvgIpc) is 3.57. The van der Waals surface area contributed by atoms with Crippen molar-refractivity contribution in [3.63, 3.8) is 0 Å². The van der Waals surface area contributed by atoms with E-state index in [1.54, 1.807) is 31.2 Å². The number of benzene rings is 1. The molecule has 0 radical (unpaired) electrons. The second-order valence-electron chi connectivity index (χ2n) is 13.6. The molecule has 6 rings (SSSR count). The normalized spacial score (nSPS) is 16.8. The fraction of sp³-hybridized carbons (Fsp3) is 0.457. The average molecular weight is 699 g/mol. The zero-order valence-corrected chi connectivity index (χ0v) is 30.0. The van der Waals surface area contributed by atoms with Gasteiger partial charge in [0.25, 0.3) is 5.91 Å². The van der Waals surface area contributed by atoms with E-state index in [2.05, 4.69) is 51.0 Å². The van der Waals surface area contributed by atoms with E-state index in [1.807, 2.05) is 62.2 Å². The van der Waals surface area contributed by atoms with Crippen molar-refractivity contribution in [3.8, 4) is 17.1 Å². The number of nitrogens with zero attached hydrogens (tertiary/aromatic N) is 9. The van der Waals surface area contributed by atoms with Gasteiger partial charge in [-0.25, -0.2) is 14.8 Å². The highest BCUT2D eigenvalue weighted by atomic mass is 16.6. The number of amides is 2. The molecule has 3 aromatic heterocycles. The summed E-state index contributed by atoms with van der Waals surface area (Å²) in [5.41, 5.74) is 2.34. The van der Waals surface area contributed by atoms with Gasteiger partial charge in [-0.05, 0) is 57.9 Å². The van der Waals surface area contributed by atoms with Crippen LogP contribution in [0.25, 0.3) is 11.4 Å². The molecule has 1 atom stereocenters. The third kappa shape index (κ3) is 8.45. The number of ether oxygens (including phenoxy) is 2. The van der Waals surface area contributed by atoms with E-state index in [9.17, 15) is 9.59 Å². The van der Waals surface area contributed by atoms with Gasteiger partial charge >= 0.3 is 6.09 Å². The van der Waals surface area contributed by atoms with Crippen molar-refractivity contribution in [2.75, 3.05) is 69.0 Å². The molecule has 1 unspecified atom stereocenters. The molecule has 16 heteroatoms. The number of rotatable bonds is 9. The van der Waals surface area contributed by atoms with Crippen LogP contribution in [0.1, 0.15) is 44.1 Å². The first-order chi connectivity index (χ1) is 24.5. The Morgan fingerprint density at radius 1 is 0.941 bits per heavy atom. The number of aryl methyl sites for hydroxylation is 1. The van der Waals surface area contributed by atoms with Crippen LogP contribution in [0.4, 0.5) is 33.5 Å². The monoisotopic (exact) mass is 698 g/mol. The van der Waals surface area contributed by atoms with Crippen LogP contribution >= 0.6 is 0 Å². The van der Waals surface area contributed by atoms with Gasteiger partial charge in [0.1, 0.15) is 17.7 Å². The SMILES string of the molecule is CNC(=O)c1nnc(Nc2ccc(N3CCN(C4CCCN(C(=O)OC(C)(C)C)C4)CC3)cn2)cc1Nc1cccc(-c2ncn(C)n2)c1OC. The number of pyridine rings is 1. The summed E-state index contributed by atoms with van der Waals surface area (Å²) in [5, 5.41) is 22.0.